The number of aliphatic imine (C=N–C) groups is 1. The van der Waals surface area contributed by atoms with Gasteiger partial charge in [-0.25, -0.2) is 9.91 Å². The van der Waals surface area contributed by atoms with E-state index in [0.29, 0.717) is 5.69 Å². The molecule has 0 bridgehead atoms. The van der Waals surface area contributed by atoms with Crippen molar-refractivity contribution >= 4 is 47.7 Å². The molecule has 0 amide bonds. The lowest BCUT2D eigenvalue weighted by atomic mass is 9.90. The summed E-state index contributed by atoms with van der Waals surface area (Å²) in [4.78, 5) is 17.1. The third kappa shape index (κ3) is 3.61. The number of benzene rings is 1. The summed E-state index contributed by atoms with van der Waals surface area (Å²) in [6.45, 7) is 11.3. The van der Waals surface area contributed by atoms with Crippen LogP contribution >= 0.6 is 36.2 Å². The molecule has 0 fully saturated rings. The van der Waals surface area contributed by atoms with Gasteiger partial charge in [-0.2, -0.15) is 13.5 Å². The van der Waals surface area contributed by atoms with Crippen LogP contribution in [0.1, 0.15) is 29.7 Å². The molecule has 4 rings (SSSR count). The van der Waals surface area contributed by atoms with Gasteiger partial charge in [-0.3, -0.25) is 9.83 Å². The van der Waals surface area contributed by atoms with Crippen LogP contribution in [0.5, 0.6) is 0 Å². The van der Waals surface area contributed by atoms with E-state index < -0.39 is 5.54 Å². The second kappa shape index (κ2) is 8.10. The monoisotopic (exact) mass is 427 g/mol. The zero-order valence-corrected chi connectivity index (χ0v) is 18.5. The van der Waals surface area contributed by atoms with Crippen LogP contribution in [0.3, 0.4) is 0 Å². The normalized spacial score (nSPS) is 21.6. The molecule has 1 aliphatic heterocycles. The number of rotatable bonds is 3. The number of hydrogen-bond acceptors (Lipinski definition) is 5. The van der Waals surface area contributed by atoms with Crippen LogP contribution in [0.4, 0.5) is 5.69 Å². The Morgan fingerprint density at radius 2 is 2.00 bits per heavy atom. The van der Waals surface area contributed by atoms with E-state index in [0.717, 1.165) is 26.7 Å². The van der Waals surface area contributed by atoms with Gasteiger partial charge in [0.2, 0.25) is 0 Å². The summed E-state index contributed by atoms with van der Waals surface area (Å²) in [5.41, 5.74) is 2.32. The second-order valence-electron chi connectivity index (χ2n) is 6.67. The molecule has 0 radical (unpaired) electrons. The molecule has 7 heteroatoms. The van der Waals surface area contributed by atoms with Crippen molar-refractivity contribution in [3.05, 3.63) is 74.4 Å². The maximum absolute atomic E-state index is 7.24. The molecule has 4 nitrogen and oxygen atoms in total. The lowest BCUT2D eigenvalue weighted by Crippen LogP contribution is -2.42. The minimum Gasteiger partial charge on any atom is -0.261 e. The van der Waals surface area contributed by atoms with Crippen LogP contribution < -0.4 is 0 Å². The number of amidine groups is 1. The molecule has 144 valence electrons. The van der Waals surface area contributed by atoms with E-state index in [4.69, 9.17) is 16.4 Å². The van der Waals surface area contributed by atoms with Crippen LogP contribution in [0.15, 0.2) is 58.2 Å². The summed E-state index contributed by atoms with van der Waals surface area (Å²) in [5, 5.41) is 5.96. The fourth-order valence-corrected chi connectivity index (χ4v) is 5.18. The molecular weight excluding hydrogens is 406 g/mol. The molecule has 2 aromatic heterocycles. The topological polar surface area (TPSA) is 29.2 Å². The van der Waals surface area contributed by atoms with Crippen LogP contribution in [0.25, 0.3) is 16.0 Å². The molecule has 3 aromatic rings. The first kappa shape index (κ1) is 20.6. The molecule has 3 heterocycles. The van der Waals surface area contributed by atoms with Gasteiger partial charge < -0.3 is 0 Å². The molecular formula is C21H21N3OS3. The van der Waals surface area contributed by atoms with E-state index in [1.54, 1.807) is 27.7 Å². The van der Waals surface area contributed by atoms with Crippen molar-refractivity contribution in [3.63, 3.8) is 0 Å². The Bertz CT molecular complexity index is 1040. The molecule has 1 aromatic carbocycles. The molecule has 2 atom stereocenters. The fourth-order valence-electron chi connectivity index (χ4n) is 3.26. The van der Waals surface area contributed by atoms with Crippen molar-refractivity contribution in [2.45, 2.75) is 25.5 Å². The summed E-state index contributed by atoms with van der Waals surface area (Å²) in [6.07, 6.45) is -0.174. The van der Waals surface area contributed by atoms with Crippen LogP contribution in [-0.2, 0) is 10.4 Å². The van der Waals surface area contributed by atoms with Crippen molar-refractivity contribution in [2.75, 3.05) is 7.05 Å². The smallest absolute Gasteiger partial charge is 0.187 e. The van der Waals surface area contributed by atoms with Gasteiger partial charge in [0.15, 0.2) is 5.69 Å². The molecule has 0 N–H and O–H groups in total. The minimum atomic E-state index is -0.498. The van der Waals surface area contributed by atoms with Crippen LogP contribution in [-0.4, -0.2) is 17.9 Å². The van der Waals surface area contributed by atoms with Gasteiger partial charge >= 0.3 is 0 Å². The minimum absolute atomic E-state index is 0. The van der Waals surface area contributed by atoms with Gasteiger partial charge in [-0.05, 0) is 53.9 Å². The van der Waals surface area contributed by atoms with Gasteiger partial charge in [0.25, 0.3) is 0 Å². The molecule has 1 unspecified atom stereocenters. The van der Waals surface area contributed by atoms with Gasteiger partial charge in [-0.1, -0.05) is 24.3 Å². The van der Waals surface area contributed by atoms with E-state index in [1.807, 2.05) is 44.3 Å². The molecule has 28 heavy (non-hydrogen) atoms. The highest BCUT2D eigenvalue weighted by molar-refractivity contribution is 7.59. The summed E-state index contributed by atoms with van der Waals surface area (Å²) in [6, 6.07) is 14.1. The largest absolute Gasteiger partial charge is 0.261 e. The van der Waals surface area contributed by atoms with Crippen LogP contribution in [0.2, 0.25) is 0 Å². The first-order chi connectivity index (χ1) is 13.0. The maximum atomic E-state index is 7.24. The number of thiophene rings is 2. The predicted molar refractivity (Wildman–Crippen MR) is 123 cm³/mol. The van der Waals surface area contributed by atoms with E-state index in [9.17, 15) is 0 Å². The van der Waals surface area contributed by atoms with Crippen molar-refractivity contribution in [1.82, 2.24) is 5.06 Å². The Hall–Kier alpha value is -2.11. The van der Waals surface area contributed by atoms with Crippen molar-refractivity contribution in [3.8, 4) is 11.1 Å². The number of hydroxylamine groups is 2. The number of hydrogen-bond donors (Lipinski definition) is 0. The predicted octanol–water partition coefficient (Wildman–Crippen LogP) is 6.39. The quantitative estimate of drug-likeness (QED) is 0.453. The Kier molecular flexibility index (Phi) is 5.96. The Labute approximate surface area is 180 Å². The molecule has 1 aliphatic rings. The second-order valence-corrected chi connectivity index (χ2v) is 8.56. The van der Waals surface area contributed by atoms with Gasteiger partial charge in [0.05, 0.1) is 6.57 Å². The highest BCUT2D eigenvalue weighted by Gasteiger charge is 2.44. The maximum Gasteiger partial charge on any atom is 0.187 e. The van der Waals surface area contributed by atoms with E-state index in [1.165, 1.54) is 0 Å². The molecule has 0 spiro atoms. The fraction of sp³-hybridized carbons (Fsp3) is 0.238. The Morgan fingerprint density at radius 3 is 2.71 bits per heavy atom. The van der Waals surface area contributed by atoms with E-state index in [-0.39, 0.29) is 19.6 Å². The van der Waals surface area contributed by atoms with Gasteiger partial charge in [0, 0.05) is 16.8 Å². The van der Waals surface area contributed by atoms with Crippen molar-refractivity contribution in [1.29, 1.82) is 0 Å². The summed E-state index contributed by atoms with van der Waals surface area (Å²) < 4.78 is 0. The number of nitrogens with zero attached hydrogens (tertiary/aromatic N) is 3. The Balaban J connectivity index is 0.00000225. The van der Waals surface area contributed by atoms with Crippen LogP contribution in [0, 0.1) is 6.57 Å². The van der Waals surface area contributed by atoms with Crippen molar-refractivity contribution < 1.29 is 4.84 Å². The van der Waals surface area contributed by atoms with E-state index in [2.05, 4.69) is 34.7 Å². The zero-order valence-electron chi connectivity index (χ0n) is 15.8. The van der Waals surface area contributed by atoms with E-state index >= 15 is 0 Å². The average Bonchev–Trinajstić information content (AvgIpc) is 3.37. The molecule has 0 aliphatic carbocycles. The Morgan fingerprint density at radius 1 is 1.18 bits per heavy atom. The SMILES string of the molecule is S.[C-]#[N+]c1cccc(-c2csc([C@@]3(C)N=C(C)N(C)OC3c3cccs3)c2)c1. The van der Waals surface area contributed by atoms with Crippen molar-refractivity contribution in [2.24, 2.45) is 4.99 Å². The lowest BCUT2D eigenvalue weighted by Gasteiger charge is -2.40. The van der Waals surface area contributed by atoms with Gasteiger partial charge in [0.1, 0.15) is 17.5 Å². The highest BCUT2D eigenvalue weighted by Crippen LogP contribution is 2.48. The average molecular weight is 428 g/mol. The molecule has 0 saturated heterocycles. The first-order valence-corrected chi connectivity index (χ1v) is 10.3. The summed E-state index contributed by atoms with van der Waals surface area (Å²) in [5.74, 6) is 0.857. The summed E-state index contributed by atoms with van der Waals surface area (Å²) >= 11 is 3.38. The third-order valence-corrected chi connectivity index (χ3v) is 6.90. The highest BCUT2D eigenvalue weighted by atomic mass is 32.1. The third-order valence-electron chi connectivity index (χ3n) is 4.83. The molecule has 0 saturated carbocycles. The zero-order chi connectivity index (χ0) is 19.0. The standard InChI is InChI=1S/C21H19N3OS2.H2S/c1-14-23-21(2,20(25-24(14)4)18-9-6-10-26-18)19-12-16(13-27-19)15-7-5-8-17(11-15)22-3;/h5-13,20H,1-2,4H3;1H2/t20?,21-;/m1./s1. The van der Waals surface area contributed by atoms with Gasteiger partial charge in [-0.15, -0.1) is 22.7 Å². The summed E-state index contributed by atoms with van der Waals surface area (Å²) in [7, 11) is 1.90. The first-order valence-electron chi connectivity index (χ1n) is 8.58. The lowest BCUT2D eigenvalue weighted by molar-refractivity contribution is -0.169.